The fourth-order valence-electron chi connectivity index (χ4n) is 3.79. The van der Waals surface area contributed by atoms with Gasteiger partial charge in [0.2, 0.25) is 0 Å². The van der Waals surface area contributed by atoms with Crippen LogP contribution in [0.25, 0.3) is 0 Å². The molecule has 0 atom stereocenters. The highest BCUT2D eigenvalue weighted by atomic mass is 15.1. The van der Waals surface area contributed by atoms with E-state index >= 15 is 0 Å². The van der Waals surface area contributed by atoms with Crippen LogP contribution in [0.5, 0.6) is 0 Å². The zero-order valence-electron chi connectivity index (χ0n) is 12.7. The number of nitrogens with zero attached hydrogens (tertiary/aromatic N) is 2. The third-order valence-corrected chi connectivity index (χ3v) is 5.35. The van der Waals surface area contributed by atoms with E-state index < -0.39 is 0 Å². The van der Waals surface area contributed by atoms with E-state index in [-0.39, 0.29) is 0 Å². The molecule has 106 valence electrons. The molecule has 0 aromatic carbocycles. The van der Waals surface area contributed by atoms with Crippen LogP contribution in [0.2, 0.25) is 0 Å². The Hall–Kier alpha value is -0.0800. The van der Waals surface area contributed by atoms with Crippen molar-refractivity contribution in [2.45, 2.75) is 57.9 Å². The summed E-state index contributed by atoms with van der Waals surface area (Å²) < 4.78 is 0. The summed E-state index contributed by atoms with van der Waals surface area (Å²) in [6.07, 6.45) is 10.0. The molecule has 2 aliphatic rings. The first-order chi connectivity index (χ1) is 8.69. The zero-order chi connectivity index (χ0) is 13.0. The molecule has 1 saturated carbocycles. The fraction of sp³-hybridized carbons (Fsp3) is 1.00. The van der Waals surface area contributed by atoms with Gasteiger partial charge in [-0.3, -0.25) is 0 Å². The summed E-state index contributed by atoms with van der Waals surface area (Å²) in [6.45, 7) is 6.47. The molecule has 1 aliphatic carbocycles. The van der Waals surface area contributed by atoms with Gasteiger partial charge in [-0.2, -0.15) is 0 Å². The Morgan fingerprint density at radius 1 is 0.889 bits per heavy atom. The van der Waals surface area contributed by atoms with Crippen LogP contribution in [-0.2, 0) is 0 Å². The first-order valence-electron chi connectivity index (χ1n) is 8.07. The minimum atomic E-state index is 0.854. The Bertz CT molecular complexity index is 223. The summed E-state index contributed by atoms with van der Waals surface area (Å²) in [4.78, 5) is 5.16. The Morgan fingerprint density at radius 3 is 2.00 bits per heavy atom. The van der Waals surface area contributed by atoms with Gasteiger partial charge in [-0.1, -0.05) is 13.3 Å². The van der Waals surface area contributed by atoms with Gasteiger partial charge in [0.05, 0.1) is 0 Å². The van der Waals surface area contributed by atoms with E-state index in [1.54, 1.807) is 0 Å². The first kappa shape index (κ1) is 14.3. The lowest BCUT2D eigenvalue weighted by Crippen LogP contribution is -2.39. The van der Waals surface area contributed by atoms with Crippen molar-refractivity contribution in [3.63, 3.8) is 0 Å². The molecule has 0 aromatic heterocycles. The highest BCUT2D eigenvalue weighted by Crippen LogP contribution is 2.28. The van der Waals surface area contributed by atoms with E-state index in [1.807, 2.05) is 0 Å². The van der Waals surface area contributed by atoms with Crippen LogP contribution in [0.15, 0.2) is 0 Å². The predicted molar refractivity (Wildman–Crippen MR) is 78.9 cm³/mol. The van der Waals surface area contributed by atoms with Gasteiger partial charge in [0.15, 0.2) is 0 Å². The molecular formula is C16H32N2. The summed E-state index contributed by atoms with van der Waals surface area (Å²) in [5, 5.41) is 0. The van der Waals surface area contributed by atoms with E-state index in [1.165, 1.54) is 64.6 Å². The molecule has 2 nitrogen and oxygen atoms in total. The summed E-state index contributed by atoms with van der Waals surface area (Å²) >= 11 is 0. The second-order valence-corrected chi connectivity index (χ2v) is 6.79. The summed E-state index contributed by atoms with van der Waals surface area (Å²) in [6, 6.07) is 0.854. The zero-order valence-corrected chi connectivity index (χ0v) is 12.7. The van der Waals surface area contributed by atoms with E-state index in [2.05, 4.69) is 30.8 Å². The average molecular weight is 252 g/mol. The SMILES string of the molecule is CCC1CCN(CC2CCC(N(C)C)CC2)CC1. The second-order valence-electron chi connectivity index (χ2n) is 6.79. The maximum atomic E-state index is 2.74. The van der Waals surface area contributed by atoms with Gasteiger partial charge in [0.1, 0.15) is 0 Å². The smallest absolute Gasteiger partial charge is 0.00893 e. The summed E-state index contributed by atoms with van der Waals surface area (Å²) in [5.74, 6) is 2.00. The van der Waals surface area contributed by atoms with Crippen molar-refractivity contribution in [1.29, 1.82) is 0 Å². The molecule has 1 saturated heterocycles. The topological polar surface area (TPSA) is 6.48 Å². The minimum Gasteiger partial charge on any atom is -0.306 e. The number of piperidine rings is 1. The minimum absolute atomic E-state index is 0.854. The van der Waals surface area contributed by atoms with Gasteiger partial charge in [-0.05, 0) is 77.5 Å². The van der Waals surface area contributed by atoms with Crippen molar-refractivity contribution in [1.82, 2.24) is 9.80 Å². The third-order valence-electron chi connectivity index (χ3n) is 5.35. The Morgan fingerprint density at radius 2 is 1.50 bits per heavy atom. The fourth-order valence-corrected chi connectivity index (χ4v) is 3.79. The molecule has 2 heteroatoms. The quantitative estimate of drug-likeness (QED) is 0.758. The second kappa shape index (κ2) is 6.91. The van der Waals surface area contributed by atoms with E-state index in [0.29, 0.717) is 0 Å². The highest BCUT2D eigenvalue weighted by Gasteiger charge is 2.25. The van der Waals surface area contributed by atoms with Crippen LogP contribution in [0.4, 0.5) is 0 Å². The highest BCUT2D eigenvalue weighted by molar-refractivity contribution is 4.80. The molecule has 0 radical (unpaired) electrons. The van der Waals surface area contributed by atoms with E-state index in [4.69, 9.17) is 0 Å². The third kappa shape index (κ3) is 3.96. The molecule has 18 heavy (non-hydrogen) atoms. The molecule has 0 bridgehead atoms. The lowest BCUT2D eigenvalue weighted by atomic mass is 9.84. The van der Waals surface area contributed by atoms with Crippen molar-refractivity contribution >= 4 is 0 Å². The van der Waals surface area contributed by atoms with Crippen LogP contribution in [0.1, 0.15) is 51.9 Å². The molecule has 2 rings (SSSR count). The molecule has 0 spiro atoms. The first-order valence-corrected chi connectivity index (χ1v) is 8.07. The number of hydrogen-bond acceptors (Lipinski definition) is 2. The normalized spacial score (nSPS) is 32.0. The summed E-state index contributed by atoms with van der Waals surface area (Å²) in [7, 11) is 4.47. The molecule has 0 unspecified atom stereocenters. The molecule has 1 aliphatic heterocycles. The van der Waals surface area contributed by atoms with Crippen LogP contribution < -0.4 is 0 Å². The molecule has 0 aromatic rings. The Labute approximate surface area is 114 Å². The average Bonchev–Trinajstić information content (AvgIpc) is 2.40. The van der Waals surface area contributed by atoms with Crippen molar-refractivity contribution in [3.8, 4) is 0 Å². The van der Waals surface area contributed by atoms with Gasteiger partial charge < -0.3 is 9.80 Å². The van der Waals surface area contributed by atoms with Gasteiger partial charge in [-0.15, -0.1) is 0 Å². The van der Waals surface area contributed by atoms with Crippen molar-refractivity contribution in [3.05, 3.63) is 0 Å². The van der Waals surface area contributed by atoms with Crippen LogP contribution in [0, 0.1) is 11.8 Å². The lowest BCUT2D eigenvalue weighted by Gasteiger charge is -2.37. The molecular weight excluding hydrogens is 220 g/mol. The molecule has 2 fully saturated rings. The Balaban J connectivity index is 1.66. The number of likely N-dealkylation sites (tertiary alicyclic amines) is 1. The summed E-state index contributed by atoms with van der Waals surface area (Å²) in [5.41, 5.74) is 0. The van der Waals surface area contributed by atoms with Gasteiger partial charge in [0.25, 0.3) is 0 Å². The maximum absolute atomic E-state index is 2.74. The predicted octanol–water partition coefficient (Wildman–Crippen LogP) is 3.23. The monoisotopic (exact) mass is 252 g/mol. The lowest BCUT2D eigenvalue weighted by molar-refractivity contribution is 0.123. The number of rotatable bonds is 4. The van der Waals surface area contributed by atoms with Gasteiger partial charge in [0, 0.05) is 12.6 Å². The van der Waals surface area contributed by atoms with Crippen molar-refractivity contribution < 1.29 is 0 Å². The number of hydrogen-bond donors (Lipinski definition) is 0. The van der Waals surface area contributed by atoms with Crippen LogP contribution >= 0.6 is 0 Å². The standard InChI is InChI=1S/C16H32N2/c1-4-14-9-11-18(12-10-14)13-15-5-7-16(8-6-15)17(2)3/h14-16H,4-13H2,1-3H3. The molecule has 1 heterocycles. The largest absolute Gasteiger partial charge is 0.306 e. The van der Waals surface area contributed by atoms with E-state index in [0.717, 1.165) is 17.9 Å². The van der Waals surface area contributed by atoms with Crippen LogP contribution in [-0.4, -0.2) is 49.6 Å². The maximum Gasteiger partial charge on any atom is 0.00893 e. The van der Waals surface area contributed by atoms with Gasteiger partial charge >= 0.3 is 0 Å². The van der Waals surface area contributed by atoms with Crippen molar-refractivity contribution in [2.75, 3.05) is 33.7 Å². The van der Waals surface area contributed by atoms with E-state index in [9.17, 15) is 0 Å². The Kier molecular flexibility index (Phi) is 5.50. The van der Waals surface area contributed by atoms with Crippen molar-refractivity contribution in [2.24, 2.45) is 11.8 Å². The molecule has 0 N–H and O–H groups in total. The van der Waals surface area contributed by atoms with Gasteiger partial charge in [-0.25, -0.2) is 0 Å². The molecule has 0 amide bonds. The van der Waals surface area contributed by atoms with Crippen LogP contribution in [0.3, 0.4) is 0 Å².